The summed E-state index contributed by atoms with van der Waals surface area (Å²) in [4.78, 5) is 39.4. The molecule has 0 radical (unpaired) electrons. The van der Waals surface area contributed by atoms with E-state index in [2.05, 4.69) is 0 Å². The lowest BCUT2D eigenvalue weighted by molar-refractivity contribution is -0.144. The van der Waals surface area contributed by atoms with Crippen LogP contribution in [-0.2, 0) is 35.6 Å². The van der Waals surface area contributed by atoms with Crippen molar-refractivity contribution >= 4 is 55.1 Å². The molecule has 0 unspecified atom stereocenters. The monoisotopic (exact) mass is 572 g/mol. The van der Waals surface area contributed by atoms with Gasteiger partial charge in [0.1, 0.15) is 12.4 Å². The minimum Gasteiger partial charge on any atom is -0.507 e. The maximum atomic E-state index is 13.6. The molecule has 6 rings (SSSR count). The summed E-state index contributed by atoms with van der Waals surface area (Å²) in [5, 5.41) is 55.3. The van der Waals surface area contributed by atoms with Crippen LogP contribution in [0.5, 0.6) is 17.2 Å². The van der Waals surface area contributed by atoms with Crippen molar-refractivity contribution < 1.29 is 39.8 Å². The maximum Gasteiger partial charge on any atom is 0.306 e. The van der Waals surface area contributed by atoms with Gasteiger partial charge in [-0.1, -0.05) is 11.6 Å². The van der Waals surface area contributed by atoms with E-state index in [1.807, 2.05) is 13.0 Å². The molecule has 0 spiro atoms. The number of rotatable bonds is 8. The van der Waals surface area contributed by atoms with Crippen LogP contribution < -0.4 is 15.6 Å². The molecule has 0 fully saturated rings. The molecule has 0 saturated carbocycles. The number of carbonyl (C=O) groups is 1. The minimum atomic E-state index is -0.597. The standard InChI is InChI=1S/C32H28O10/c1-13-7-17-16(3-4-21(38)42-6-5-33)30(39)26-19(36)9-14(11-34)22-23-15(12-35)10-20(37)27-29(23)25(24(17)28(22)26)18(8-13)32(41-2)31(27)40/h7,9-10,33-35,39-40H,3-6,8,11-12H2,1-2H3. The van der Waals surface area contributed by atoms with Crippen LogP contribution in [0.4, 0.5) is 0 Å². The van der Waals surface area contributed by atoms with Gasteiger partial charge in [-0.3, -0.25) is 14.4 Å². The fraction of sp³-hybridized carbons (Fsp3) is 0.281. The van der Waals surface area contributed by atoms with Crippen LogP contribution in [-0.4, -0.2) is 51.8 Å². The quantitative estimate of drug-likeness (QED) is 0.106. The Kier molecular flexibility index (Phi) is 6.64. The Labute approximate surface area is 238 Å². The highest BCUT2D eigenvalue weighted by atomic mass is 16.5. The number of esters is 1. The molecular weight excluding hydrogens is 544 g/mol. The number of fused-ring (bicyclic) bond motifs is 1. The van der Waals surface area contributed by atoms with Gasteiger partial charge in [-0.2, -0.15) is 0 Å². The number of ether oxygens (including phenoxy) is 2. The van der Waals surface area contributed by atoms with E-state index in [1.54, 1.807) is 0 Å². The number of aromatic hydroxyl groups is 2. The summed E-state index contributed by atoms with van der Waals surface area (Å²) in [6, 6.07) is 2.44. The molecule has 10 nitrogen and oxygen atoms in total. The summed E-state index contributed by atoms with van der Waals surface area (Å²) in [7, 11) is 1.38. The molecule has 5 aromatic rings. The molecule has 0 amide bonds. The Morgan fingerprint density at radius 1 is 0.833 bits per heavy atom. The summed E-state index contributed by atoms with van der Waals surface area (Å²) in [6.45, 7) is 0.268. The molecule has 5 aromatic carbocycles. The number of benzene rings is 5. The molecule has 1 aliphatic rings. The number of phenolic OH excluding ortho intramolecular Hbond substituents is 2. The number of carbonyl (C=O) groups excluding carboxylic acids is 1. The summed E-state index contributed by atoms with van der Waals surface area (Å²) >= 11 is 0. The number of hydrogen-bond acceptors (Lipinski definition) is 10. The van der Waals surface area contributed by atoms with Crippen LogP contribution in [0.3, 0.4) is 0 Å². The van der Waals surface area contributed by atoms with Gasteiger partial charge < -0.3 is 35.0 Å². The molecule has 0 aliphatic heterocycles. The summed E-state index contributed by atoms with van der Waals surface area (Å²) in [5.41, 5.74) is 1.58. The maximum absolute atomic E-state index is 13.6. The van der Waals surface area contributed by atoms with Gasteiger partial charge in [0.15, 0.2) is 22.4 Å². The Bertz CT molecular complexity index is 2090. The van der Waals surface area contributed by atoms with E-state index in [0.717, 1.165) is 5.57 Å². The van der Waals surface area contributed by atoms with Crippen molar-refractivity contribution in [1.29, 1.82) is 0 Å². The molecular formula is C32H28O10. The fourth-order valence-electron chi connectivity index (χ4n) is 6.67. The predicted octanol–water partition coefficient (Wildman–Crippen LogP) is 2.73. The lowest BCUT2D eigenvalue weighted by Crippen LogP contribution is -2.12. The second kappa shape index (κ2) is 10.1. The van der Waals surface area contributed by atoms with Gasteiger partial charge in [-0.05, 0) is 70.1 Å². The van der Waals surface area contributed by atoms with Crippen LogP contribution in [0, 0.1) is 0 Å². The first kappa shape index (κ1) is 27.6. The first-order chi connectivity index (χ1) is 20.2. The summed E-state index contributed by atoms with van der Waals surface area (Å²) < 4.78 is 10.7. The molecule has 0 atom stereocenters. The SMILES string of the molecule is COc1c(O)c2c(=O)cc(CO)c3c4c(CO)cc(=O)c5c(O)c(CCC(=O)OCCO)c6c(c(c1CC(C)=C6)c23)c54. The first-order valence-electron chi connectivity index (χ1n) is 13.5. The normalized spacial score (nSPS) is 13.0. The number of allylic oxidation sites excluding steroid dienone is 1. The molecule has 216 valence electrons. The van der Waals surface area contributed by atoms with Gasteiger partial charge in [0, 0.05) is 28.3 Å². The number of phenols is 2. The highest BCUT2D eigenvalue weighted by molar-refractivity contribution is 6.38. The molecule has 0 bridgehead atoms. The van der Waals surface area contributed by atoms with Crippen molar-refractivity contribution in [1.82, 2.24) is 0 Å². The molecule has 10 heteroatoms. The average molecular weight is 573 g/mol. The van der Waals surface area contributed by atoms with Crippen LogP contribution in [0.15, 0.2) is 27.3 Å². The van der Waals surface area contributed by atoms with E-state index in [0.29, 0.717) is 49.0 Å². The zero-order valence-corrected chi connectivity index (χ0v) is 23.0. The van der Waals surface area contributed by atoms with Crippen molar-refractivity contribution in [3.63, 3.8) is 0 Å². The minimum absolute atomic E-state index is 0.00128. The lowest BCUT2D eigenvalue weighted by atomic mass is 9.80. The van der Waals surface area contributed by atoms with E-state index in [1.165, 1.54) is 19.2 Å². The van der Waals surface area contributed by atoms with E-state index in [-0.39, 0.29) is 71.6 Å². The van der Waals surface area contributed by atoms with Gasteiger partial charge >= 0.3 is 5.97 Å². The van der Waals surface area contributed by atoms with E-state index in [4.69, 9.17) is 14.6 Å². The van der Waals surface area contributed by atoms with Gasteiger partial charge in [-0.15, -0.1) is 0 Å². The largest absolute Gasteiger partial charge is 0.507 e. The Morgan fingerprint density at radius 3 is 2.00 bits per heavy atom. The van der Waals surface area contributed by atoms with Gasteiger partial charge in [0.05, 0.1) is 37.7 Å². The smallest absolute Gasteiger partial charge is 0.306 e. The van der Waals surface area contributed by atoms with E-state index >= 15 is 0 Å². The first-order valence-corrected chi connectivity index (χ1v) is 13.5. The summed E-state index contributed by atoms with van der Waals surface area (Å²) in [5.74, 6) is -1.18. The number of aliphatic hydroxyl groups is 3. The molecule has 0 saturated heterocycles. The third-order valence-corrected chi connectivity index (χ3v) is 8.22. The third kappa shape index (κ3) is 3.72. The third-order valence-electron chi connectivity index (χ3n) is 8.22. The van der Waals surface area contributed by atoms with Gasteiger partial charge in [0.2, 0.25) is 0 Å². The zero-order valence-electron chi connectivity index (χ0n) is 23.0. The lowest BCUT2D eigenvalue weighted by Gasteiger charge is -2.24. The predicted molar refractivity (Wildman–Crippen MR) is 157 cm³/mol. The van der Waals surface area contributed by atoms with Crippen molar-refractivity contribution in [2.24, 2.45) is 0 Å². The van der Waals surface area contributed by atoms with E-state index in [9.17, 15) is 34.8 Å². The molecule has 5 N–H and O–H groups in total. The Morgan fingerprint density at radius 2 is 1.43 bits per heavy atom. The van der Waals surface area contributed by atoms with Crippen LogP contribution in [0.1, 0.15) is 41.2 Å². The zero-order chi connectivity index (χ0) is 30.0. The number of hydrogen-bond donors (Lipinski definition) is 5. The Balaban J connectivity index is 1.95. The van der Waals surface area contributed by atoms with Gasteiger partial charge in [-0.25, -0.2) is 0 Å². The number of aliphatic hydroxyl groups excluding tert-OH is 3. The van der Waals surface area contributed by atoms with Crippen LogP contribution >= 0.6 is 0 Å². The van der Waals surface area contributed by atoms with Crippen molar-refractivity contribution in [2.45, 2.75) is 39.4 Å². The second-order valence-electron chi connectivity index (χ2n) is 10.6. The highest BCUT2D eigenvalue weighted by Gasteiger charge is 2.32. The topological polar surface area (TPSA) is 171 Å². The number of methoxy groups -OCH3 is 1. The second-order valence-corrected chi connectivity index (χ2v) is 10.6. The van der Waals surface area contributed by atoms with E-state index < -0.39 is 30.0 Å². The van der Waals surface area contributed by atoms with Crippen molar-refractivity contribution in [3.05, 3.63) is 66.0 Å². The molecule has 0 aromatic heterocycles. The van der Waals surface area contributed by atoms with Gasteiger partial charge in [0.25, 0.3) is 0 Å². The fourth-order valence-corrected chi connectivity index (χ4v) is 6.67. The van der Waals surface area contributed by atoms with Crippen LogP contribution in [0.2, 0.25) is 0 Å². The van der Waals surface area contributed by atoms with Crippen LogP contribution in [0.25, 0.3) is 49.2 Å². The van der Waals surface area contributed by atoms with Crippen molar-refractivity contribution in [3.8, 4) is 17.2 Å². The van der Waals surface area contributed by atoms with Crippen molar-refractivity contribution in [2.75, 3.05) is 20.3 Å². The molecule has 0 heterocycles. The summed E-state index contributed by atoms with van der Waals surface area (Å²) in [6.07, 6.45) is 1.97. The highest BCUT2D eigenvalue weighted by Crippen LogP contribution is 2.53. The molecule has 42 heavy (non-hydrogen) atoms. The average Bonchev–Trinajstić information content (AvgIpc) is 3.11. The molecule has 1 aliphatic carbocycles. The Hall–Kier alpha value is -4.51.